The van der Waals surface area contributed by atoms with Gasteiger partial charge in [0.05, 0.1) is 5.60 Å². The molecule has 0 radical (unpaired) electrons. The van der Waals surface area contributed by atoms with Gasteiger partial charge < -0.3 is 18.3 Å². The molecule has 222 valence electrons. The zero-order chi connectivity index (χ0) is 30.5. The minimum absolute atomic E-state index is 0.503. The van der Waals surface area contributed by atoms with Crippen molar-refractivity contribution in [3.05, 3.63) is 120 Å². The summed E-state index contributed by atoms with van der Waals surface area (Å²) in [7, 11) is 0. The first-order valence-corrected chi connectivity index (χ1v) is 15.8. The van der Waals surface area contributed by atoms with Crippen LogP contribution in [-0.4, -0.2) is 11.4 Å². The molecule has 4 nitrogen and oxygen atoms in total. The molecule has 1 aliphatic heterocycles. The smallest absolute Gasteiger partial charge is 0.205 e. The van der Waals surface area contributed by atoms with Crippen LogP contribution in [0.25, 0.3) is 61.3 Å². The molecule has 2 aromatic heterocycles. The zero-order valence-electron chi connectivity index (χ0n) is 25.9. The lowest BCUT2D eigenvalue weighted by atomic mass is 9.77. The summed E-state index contributed by atoms with van der Waals surface area (Å²) in [5, 5.41) is 3.47. The van der Waals surface area contributed by atoms with Gasteiger partial charge in [0.1, 0.15) is 28.3 Å². The van der Waals surface area contributed by atoms with Crippen molar-refractivity contribution >= 4 is 50.1 Å². The third kappa shape index (κ3) is 4.09. The SMILES string of the molecule is CC1C=Cc2oc3c(-c4ccc5c(c4)C4=CC=C(c6cccc7oc8ccccc8c67)CC4(C)OC(C)(C)O5)cccc3c2C1. The standard InChI is InChI=1S/C41H34O4/c1-24-15-19-35-31(21-24)29-12-7-11-28(39(29)43-35)25-17-20-36-32(22-25)33-18-16-26(23-41(33,4)45-40(2,3)44-36)27-10-8-14-37-38(27)30-9-5-6-13-34(30)42-37/h5-20,22,24H,21,23H2,1-4H3. The predicted octanol–water partition coefficient (Wildman–Crippen LogP) is 11.0. The maximum atomic E-state index is 6.91. The van der Waals surface area contributed by atoms with Gasteiger partial charge in [-0.3, -0.25) is 0 Å². The molecule has 2 unspecified atom stereocenters. The van der Waals surface area contributed by atoms with Crippen molar-refractivity contribution < 1.29 is 18.3 Å². The molecule has 6 aromatic rings. The first-order chi connectivity index (χ1) is 21.8. The van der Waals surface area contributed by atoms with Crippen LogP contribution in [0, 0.1) is 5.92 Å². The second kappa shape index (κ2) is 9.35. The number of ether oxygens (including phenoxy) is 2. The molecule has 9 rings (SSSR count). The fourth-order valence-electron chi connectivity index (χ4n) is 7.80. The minimum Gasteiger partial charge on any atom is -0.462 e. The number of hydrogen-bond acceptors (Lipinski definition) is 4. The Balaban J connectivity index is 1.21. The summed E-state index contributed by atoms with van der Waals surface area (Å²) in [6, 6.07) is 27.6. The Kier molecular flexibility index (Phi) is 5.53. The summed E-state index contributed by atoms with van der Waals surface area (Å²) in [5.41, 5.74) is 10.1. The first kappa shape index (κ1) is 26.6. The van der Waals surface area contributed by atoms with E-state index >= 15 is 0 Å². The maximum absolute atomic E-state index is 6.91. The molecule has 4 aromatic carbocycles. The Morgan fingerprint density at radius 2 is 1.56 bits per heavy atom. The molecule has 0 saturated carbocycles. The molecule has 0 bridgehead atoms. The van der Waals surface area contributed by atoms with E-state index in [4.69, 9.17) is 18.3 Å². The van der Waals surface area contributed by atoms with Crippen LogP contribution in [0.5, 0.6) is 5.75 Å². The van der Waals surface area contributed by atoms with Gasteiger partial charge in [-0.1, -0.05) is 79.7 Å². The van der Waals surface area contributed by atoms with E-state index in [1.807, 2.05) is 26.0 Å². The van der Waals surface area contributed by atoms with Gasteiger partial charge in [-0.25, -0.2) is 0 Å². The normalized spacial score (nSPS) is 21.9. The fourth-order valence-corrected chi connectivity index (χ4v) is 7.80. The summed E-state index contributed by atoms with van der Waals surface area (Å²) in [6.45, 7) is 8.46. The Morgan fingerprint density at radius 3 is 2.47 bits per heavy atom. The quantitative estimate of drug-likeness (QED) is 0.201. The molecule has 2 atom stereocenters. The van der Waals surface area contributed by atoms with E-state index in [2.05, 4.69) is 105 Å². The zero-order valence-corrected chi connectivity index (χ0v) is 25.9. The Labute approximate surface area is 262 Å². The lowest BCUT2D eigenvalue weighted by molar-refractivity contribution is -0.200. The van der Waals surface area contributed by atoms with Gasteiger partial charge in [-0.05, 0) is 71.9 Å². The van der Waals surface area contributed by atoms with Crippen molar-refractivity contribution in [3.8, 4) is 16.9 Å². The highest BCUT2D eigenvalue weighted by Gasteiger charge is 2.44. The van der Waals surface area contributed by atoms with Crippen molar-refractivity contribution in [1.29, 1.82) is 0 Å². The lowest BCUT2D eigenvalue weighted by Crippen LogP contribution is -2.42. The molecule has 4 heteroatoms. The topological polar surface area (TPSA) is 44.7 Å². The third-order valence-electron chi connectivity index (χ3n) is 9.66. The van der Waals surface area contributed by atoms with Crippen LogP contribution in [0.1, 0.15) is 56.6 Å². The van der Waals surface area contributed by atoms with E-state index in [0.29, 0.717) is 12.3 Å². The van der Waals surface area contributed by atoms with E-state index < -0.39 is 11.4 Å². The van der Waals surface area contributed by atoms with Crippen molar-refractivity contribution in [3.63, 3.8) is 0 Å². The average Bonchev–Trinajstić information content (AvgIpc) is 3.56. The van der Waals surface area contributed by atoms with Crippen molar-refractivity contribution in [1.82, 2.24) is 0 Å². The highest BCUT2D eigenvalue weighted by atomic mass is 16.7. The van der Waals surface area contributed by atoms with Crippen LogP contribution in [0.3, 0.4) is 0 Å². The number of hydrogen-bond donors (Lipinski definition) is 0. The molecule has 0 amide bonds. The molecule has 0 fully saturated rings. The number of fused-ring (bicyclic) bond motifs is 9. The van der Waals surface area contributed by atoms with Crippen molar-refractivity contribution in [2.75, 3.05) is 0 Å². The molecule has 0 N–H and O–H groups in total. The number of para-hydroxylation sites is 2. The number of allylic oxidation sites excluding steroid dienone is 3. The summed E-state index contributed by atoms with van der Waals surface area (Å²) in [5.74, 6) is 1.47. The molecular weight excluding hydrogens is 556 g/mol. The molecule has 3 heterocycles. The van der Waals surface area contributed by atoms with E-state index in [-0.39, 0.29) is 0 Å². The monoisotopic (exact) mass is 590 g/mol. The van der Waals surface area contributed by atoms with E-state index in [9.17, 15) is 0 Å². The van der Waals surface area contributed by atoms with E-state index in [0.717, 1.165) is 67.7 Å². The van der Waals surface area contributed by atoms with Crippen LogP contribution in [0.4, 0.5) is 0 Å². The molecule has 3 aliphatic rings. The fraction of sp³-hybridized carbons (Fsp3) is 0.220. The lowest BCUT2D eigenvalue weighted by Gasteiger charge is -2.39. The van der Waals surface area contributed by atoms with Crippen LogP contribution in [0.2, 0.25) is 0 Å². The Morgan fingerprint density at radius 1 is 0.756 bits per heavy atom. The summed E-state index contributed by atoms with van der Waals surface area (Å²) in [6.07, 6.45) is 10.5. The van der Waals surface area contributed by atoms with Gasteiger partial charge >= 0.3 is 0 Å². The summed E-state index contributed by atoms with van der Waals surface area (Å²) < 4.78 is 26.2. The number of benzene rings is 4. The predicted molar refractivity (Wildman–Crippen MR) is 182 cm³/mol. The Hall–Kier alpha value is -4.80. The average molecular weight is 591 g/mol. The highest BCUT2D eigenvalue weighted by molar-refractivity contribution is 6.10. The van der Waals surface area contributed by atoms with Crippen molar-refractivity contribution in [2.24, 2.45) is 5.92 Å². The van der Waals surface area contributed by atoms with Gasteiger partial charge in [0.2, 0.25) is 5.79 Å². The number of furan rings is 2. The number of rotatable bonds is 2. The summed E-state index contributed by atoms with van der Waals surface area (Å²) >= 11 is 0. The molecular formula is C41H34O4. The minimum atomic E-state index is -0.833. The van der Waals surface area contributed by atoms with Gasteiger partial charge in [-0.15, -0.1) is 0 Å². The molecule has 2 aliphatic carbocycles. The molecule has 0 spiro atoms. The second-order valence-electron chi connectivity index (χ2n) is 13.4. The summed E-state index contributed by atoms with van der Waals surface area (Å²) in [4.78, 5) is 0. The van der Waals surface area contributed by atoms with Crippen molar-refractivity contribution in [2.45, 2.75) is 51.9 Å². The van der Waals surface area contributed by atoms with Gasteiger partial charge in [0.25, 0.3) is 0 Å². The largest absolute Gasteiger partial charge is 0.462 e. The second-order valence-corrected chi connectivity index (χ2v) is 13.4. The van der Waals surface area contributed by atoms with Crippen LogP contribution >= 0.6 is 0 Å². The van der Waals surface area contributed by atoms with Crippen LogP contribution < -0.4 is 4.74 Å². The van der Waals surface area contributed by atoms with Gasteiger partial charge in [0, 0.05) is 53.1 Å². The van der Waals surface area contributed by atoms with E-state index in [1.165, 1.54) is 22.1 Å². The van der Waals surface area contributed by atoms with Gasteiger partial charge in [-0.2, -0.15) is 0 Å². The highest BCUT2D eigenvalue weighted by Crippen LogP contribution is 2.51. The maximum Gasteiger partial charge on any atom is 0.205 e. The molecule has 45 heavy (non-hydrogen) atoms. The van der Waals surface area contributed by atoms with Crippen LogP contribution in [-0.2, 0) is 11.2 Å². The first-order valence-electron chi connectivity index (χ1n) is 15.8. The molecule has 0 saturated heterocycles. The van der Waals surface area contributed by atoms with Crippen LogP contribution in [0.15, 0.2) is 106 Å². The third-order valence-corrected chi connectivity index (χ3v) is 9.66. The van der Waals surface area contributed by atoms with E-state index in [1.54, 1.807) is 0 Å². The Bertz CT molecular complexity index is 2290. The van der Waals surface area contributed by atoms with Gasteiger partial charge in [0.15, 0.2) is 0 Å².